The predicted molar refractivity (Wildman–Crippen MR) is 96.4 cm³/mol. The number of benzene rings is 1. The lowest BCUT2D eigenvalue weighted by molar-refractivity contribution is 0.0903. The van der Waals surface area contributed by atoms with Crippen molar-refractivity contribution in [1.82, 2.24) is 29.9 Å². The molecule has 0 radical (unpaired) electrons. The first-order valence-corrected chi connectivity index (χ1v) is 8.74. The summed E-state index contributed by atoms with van der Waals surface area (Å²) in [6, 6.07) is 8.00. The van der Waals surface area contributed by atoms with Crippen LogP contribution in [0.5, 0.6) is 0 Å². The van der Waals surface area contributed by atoms with E-state index in [0.29, 0.717) is 24.7 Å². The predicted octanol–water partition coefficient (Wildman–Crippen LogP) is 0.692. The Morgan fingerprint density at radius 3 is 2.56 bits per heavy atom. The zero-order chi connectivity index (χ0) is 17.6. The lowest BCUT2D eigenvalue weighted by Gasteiger charge is -2.36. The van der Waals surface area contributed by atoms with E-state index < -0.39 is 0 Å². The van der Waals surface area contributed by atoms with Crippen LogP contribution in [0.1, 0.15) is 22.8 Å². The molecule has 1 aliphatic heterocycles. The molecule has 0 saturated carbocycles. The number of hydrogen-bond donors (Lipinski definition) is 1. The van der Waals surface area contributed by atoms with Crippen molar-refractivity contribution < 1.29 is 4.79 Å². The van der Waals surface area contributed by atoms with E-state index >= 15 is 0 Å². The van der Waals surface area contributed by atoms with Gasteiger partial charge in [-0.05, 0) is 31.7 Å². The van der Waals surface area contributed by atoms with Crippen LogP contribution in [0.2, 0.25) is 0 Å². The van der Waals surface area contributed by atoms with Gasteiger partial charge in [-0.25, -0.2) is 9.67 Å². The normalized spacial score (nSPS) is 17.4. The number of carbonyl (C=O) groups is 1. The number of amides is 1. The first-order valence-electron chi connectivity index (χ1n) is 8.74. The molecule has 1 unspecified atom stereocenters. The van der Waals surface area contributed by atoms with E-state index in [-0.39, 0.29) is 5.91 Å². The van der Waals surface area contributed by atoms with Crippen LogP contribution >= 0.6 is 0 Å². The molecule has 2 aromatic rings. The minimum absolute atomic E-state index is 0.0201. The molecule has 0 spiro atoms. The highest BCUT2D eigenvalue weighted by Crippen LogP contribution is 2.07. The highest BCUT2D eigenvalue weighted by Gasteiger charge is 2.19. The van der Waals surface area contributed by atoms with Crippen molar-refractivity contribution in [2.75, 3.05) is 39.8 Å². The second-order valence-electron chi connectivity index (χ2n) is 6.69. The molecule has 1 aliphatic rings. The molecule has 1 aromatic carbocycles. The summed E-state index contributed by atoms with van der Waals surface area (Å²) in [6.07, 6.45) is 3.20. The van der Waals surface area contributed by atoms with Crippen LogP contribution in [0.4, 0.5) is 0 Å². The molecular formula is C18H26N6O. The average molecular weight is 342 g/mol. The quantitative estimate of drug-likeness (QED) is 0.837. The topological polar surface area (TPSA) is 66.3 Å². The lowest BCUT2D eigenvalue weighted by atomic mass is 10.1. The van der Waals surface area contributed by atoms with E-state index in [9.17, 15) is 4.79 Å². The molecule has 1 N–H and O–H groups in total. The summed E-state index contributed by atoms with van der Waals surface area (Å²) in [7, 11) is 2.15. The van der Waals surface area contributed by atoms with Crippen LogP contribution < -0.4 is 5.32 Å². The lowest BCUT2D eigenvalue weighted by Crippen LogP contribution is -2.51. The van der Waals surface area contributed by atoms with Gasteiger partial charge in [-0.3, -0.25) is 9.69 Å². The fourth-order valence-electron chi connectivity index (χ4n) is 3.00. The Morgan fingerprint density at radius 1 is 1.20 bits per heavy atom. The minimum atomic E-state index is -0.0201. The Labute approximate surface area is 148 Å². The Hall–Kier alpha value is -2.25. The van der Waals surface area contributed by atoms with Gasteiger partial charge in [0.1, 0.15) is 12.7 Å². The largest absolute Gasteiger partial charge is 0.350 e. The van der Waals surface area contributed by atoms with Crippen molar-refractivity contribution in [3.63, 3.8) is 0 Å². The zero-order valence-electron chi connectivity index (χ0n) is 14.9. The van der Waals surface area contributed by atoms with Gasteiger partial charge >= 0.3 is 0 Å². The number of hydrogen-bond acceptors (Lipinski definition) is 5. The Kier molecular flexibility index (Phi) is 5.78. The number of nitrogens with zero attached hydrogens (tertiary/aromatic N) is 5. The summed E-state index contributed by atoms with van der Waals surface area (Å²) in [5.74, 6) is -0.0201. The van der Waals surface area contributed by atoms with Crippen molar-refractivity contribution in [2.24, 2.45) is 0 Å². The Balaban J connectivity index is 1.47. The van der Waals surface area contributed by atoms with E-state index in [4.69, 9.17) is 0 Å². The zero-order valence-corrected chi connectivity index (χ0v) is 14.9. The van der Waals surface area contributed by atoms with E-state index in [1.165, 1.54) is 6.33 Å². The van der Waals surface area contributed by atoms with Crippen molar-refractivity contribution in [1.29, 1.82) is 0 Å². The molecule has 0 bridgehead atoms. The van der Waals surface area contributed by atoms with Crippen molar-refractivity contribution in [3.8, 4) is 0 Å². The van der Waals surface area contributed by atoms with Gasteiger partial charge in [-0.1, -0.05) is 12.1 Å². The summed E-state index contributed by atoms with van der Waals surface area (Å²) < 4.78 is 1.76. The van der Waals surface area contributed by atoms with Crippen LogP contribution in [-0.4, -0.2) is 76.3 Å². The van der Waals surface area contributed by atoms with Gasteiger partial charge in [0.05, 0.1) is 6.54 Å². The number of likely N-dealkylation sites (N-methyl/N-ethyl adjacent to an activating group) is 1. The maximum absolute atomic E-state index is 12.3. The van der Waals surface area contributed by atoms with Crippen LogP contribution in [-0.2, 0) is 6.54 Å². The monoisotopic (exact) mass is 342 g/mol. The van der Waals surface area contributed by atoms with Gasteiger partial charge in [-0.15, -0.1) is 0 Å². The van der Waals surface area contributed by atoms with Crippen LogP contribution in [0.3, 0.4) is 0 Å². The molecular weight excluding hydrogens is 316 g/mol. The number of carbonyl (C=O) groups excluding carboxylic acids is 1. The van der Waals surface area contributed by atoms with Crippen molar-refractivity contribution >= 4 is 5.91 Å². The van der Waals surface area contributed by atoms with Gasteiger partial charge in [0.25, 0.3) is 5.91 Å². The maximum Gasteiger partial charge on any atom is 0.251 e. The molecule has 1 atom stereocenters. The van der Waals surface area contributed by atoms with Gasteiger partial charge in [-0.2, -0.15) is 5.10 Å². The van der Waals surface area contributed by atoms with Gasteiger partial charge < -0.3 is 10.2 Å². The molecule has 1 fully saturated rings. The average Bonchev–Trinajstić information content (AvgIpc) is 3.13. The molecule has 2 heterocycles. The minimum Gasteiger partial charge on any atom is -0.350 e. The third kappa shape index (κ3) is 4.87. The molecule has 1 amide bonds. The molecule has 1 saturated heterocycles. The van der Waals surface area contributed by atoms with Crippen LogP contribution in [0, 0.1) is 0 Å². The molecule has 3 rings (SSSR count). The summed E-state index contributed by atoms with van der Waals surface area (Å²) in [4.78, 5) is 21.0. The smallest absolute Gasteiger partial charge is 0.251 e. The van der Waals surface area contributed by atoms with Crippen LogP contribution in [0.15, 0.2) is 36.9 Å². The SMILES string of the molecule is CC(CNC(=O)c1ccc(Cn2cncn2)cc1)N1CCN(C)CC1. The van der Waals surface area contributed by atoms with Crippen molar-refractivity contribution in [3.05, 3.63) is 48.0 Å². The first kappa shape index (κ1) is 17.6. The summed E-state index contributed by atoms with van der Waals surface area (Å²) >= 11 is 0. The summed E-state index contributed by atoms with van der Waals surface area (Å²) in [5, 5.41) is 7.14. The fourth-order valence-corrected chi connectivity index (χ4v) is 3.00. The second kappa shape index (κ2) is 8.22. The second-order valence-corrected chi connectivity index (χ2v) is 6.69. The molecule has 0 aliphatic carbocycles. The van der Waals surface area contributed by atoms with Gasteiger partial charge in [0.15, 0.2) is 0 Å². The molecule has 7 heteroatoms. The number of nitrogens with one attached hydrogen (secondary N) is 1. The standard InChI is InChI=1S/C18H26N6O/c1-15(23-9-7-22(2)8-10-23)11-20-18(25)17-5-3-16(4-6-17)12-24-14-19-13-21-24/h3-6,13-15H,7-12H2,1-2H3,(H,20,25). The van der Waals surface area contributed by atoms with E-state index in [0.717, 1.165) is 31.7 Å². The Morgan fingerprint density at radius 2 is 1.92 bits per heavy atom. The molecule has 7 nitrogen and oxygen atoms in total. The highest BCUT2D eigenvalue weighted by atomic mass is 16.1. The fraction of sp³-hybridized carbons (Fsp3) is 0.500. The van der Waals surface area contributed by atoms with Crippen molar-refractivity contribution in [2.45, 2.75) is 19.5 Å². The van der Waals surface area contributed by atoms with Crippen LogP contribution in [0.25, 0.3) is 0 Å². The first-order chi connectivity index (χ1) is 12.1. The van der Waals surface area contributed by atoms with E-state index in [1.54, 1.807) is 11.0 Å². The van der Waals surface area contributed by atoms with Gasteiger partial charge in [0, 0.05) is 44.3 Å². The third-order valence-corrected chi connectivity index (χ3v) is 4.75. The molecule has 25 heavy (non-hydrogen) atoms. The summed E-state index contributed by atoms with van der Waals surface area (Å²) in [6.45, 7) is 7.80. The molecule has 1 aromatic heterocycles. The maximum atomic E-state index is 12.3. The van der Waals surface area contributed by atoms with Gasteiger partial charge in [0.2, 0.25) is 0 Å². The number of rotatable bonds is 6. The molecule has 134 valence electrons. The number of aromatic nitrogens is 3. The Bertz CT molecular complexity index is 661. The van der Waals surface area contributed by atoms with E-state index in [2.05, 4.69) is 39.2 Å². The third-order valence-electron chi connectivity index (χ3n) is 4.75. The summed E-state index contributed by atoms with van der Waals surface area (Å²) in [5.41, 5.74) is 1.78. The van der Waals surface area contributed by atoms with E-state index in [1.807, 2.05) is 24.3 Å². The highest BCUT2D eigenvalue weighted by molar-refractivity contribution is 5.94. The number of piperazine rings is 1.